The van der Waals surface area contributed by atoms with E-state index in [-0.39, 0.29) is 5.41 Å². The number of rotatable bonds is 1. The van der Waals surface area contributed by atoms with E-state index in [4.69, 9.17) is 5.73 Å². The lowest BCUT2D eigenvalue weighted by Crippen LogP contribution is -2.26. The van der Waals surface area contributed by atoms with Crippen LogP contribution in [0.3, 0.4) is 0 Å². The number of nitrogens with one attached hydrogen (secondary N) is 1. The van der Waals surface area contributed by atoms with Crippen molar-refractivity contribution in [3.8, 4) is 0 Å². The lowest BCUT2D eigenvalue weighted by molar-refractivity contribution is 0.485. The molecular formula is C8H15N5. The van der Waals surface area contributed by atoms with Crippen molar-refractivity contribution < 1.29 is 0 Å². The Labute approximate surface area is 77.3 Å². The summed E-state index contributed by atoms with van der Waals surface area (Å²) in [6, 6.07) is 0. The summed E-state index contributed by atoms with van der Waals surface area (Å²) in [4.78, 5) is 4.25. The number of nitrogen functional groups attached to an aromatic ring is 1. The Balaban J connectivity index is 2.34. The second-order valence-electron chi connectivity index (χ2n) is 3.90. The van der Waals surface area contributed by atoms with Gasteiger partial charge in [0.2, 0.25) is 5.95 Å². The summed E-state index contributed by atoms with van der Waals surface area (Å²) in [5, 5.41) is 7.61. The molecule has 1 aliphatic rings. The highest BCUT2D eigenvalue weighted by atomic mass is 15.4. The number of anilines is 1. The molecule has 0 saturated carbocycles. The monoisotopic (exact) mass is 181 g/mol. The minimum absolute atomic E-state index is 0.0649. The van der Waals surface area contributed by atoms with Gasteiger partial charge in [-0.3, -0.25) is 0 Å². The van der Waals surface area contributed by atoms with Crippen molar-refractivity contribution in [3.63, 3.8) is 0 Å². The molecule has 0 spiro atoms. The second-order valence-corrected chi connectivity index (χ2v) is 3.90. The van der Waals surface area contributed by atoms with E-state index in [0.717, 1.165) is 25.3 Å². The van der Waals surface area contributed by atoms with Gasteiger partial charge in [0.15, 0.2) is 5.82 Å². The molecule has 1 aromatic heterocycles. The molecule has 1 fully saturated rings. The van der Waals surface area contributed by atoms with Gasteiger partial charge >= 0.3 is 0 Å². The zero-order valence-electron chi connectivity index (χ0n) is 8.04. The van der Waals surface area contributed by atoms with E-state index in [1.165, 1.54) is 0 Å². The quantitative estimate of drug-likeness (QED) is 0.621. The first-order valence-electron chi connectivity index (χ1n) is 4.49. The summed E-state index contributed by atoms with van der Waals surface area (Å²) in [5.41, 5.74) is 5.70. The van der Waals surface area contributed by atoms with Gasteiger partial charge in [-0.25, -0.2) is 4.68 Å². The average molecular weight is 181 g/mol. The number of hydrogen-bond acceptors (Lipinski definition) is 4. The van der Waals surface area contributed by atoms with Crippen LogP contribution < -0.4 is 11.1 Å². The molecule has 1 atom stereocenters. The lowest BCUT2D eigenvalue weighted by atomic mass is 9.89. The van der Waals surface area contributed by atoms with E-state index in [9.17, 15) is 0 Å². The highest BCUT2D eigenvalue weighted by molar-refractivity contribution is 5.20. The van der Waals surface area contributed by atoms with E-state index in [2.05, 4.69) is 22.3 Å². The highest BCUT2D eigenvalue weighted by Crippen LogP contribution is 2.27. The molecule has 0 bridgehead atoms. The number of nitrogens with two attached hydrogens (primary N) is 1. The molecule has 1 aromatic rings. The molecule has 2 heterocycles. The summed E-state index contributed by atoms with van der Waals surface area (Å²) in [7, 11) is 1.82. The molecular weight excluding hydrogens is 166 g/mol. The molecule has 2 rings (SSSR count). The first-order chi connectivity index (χ1) is 6.12. The average Bonchev–Trinajstić information content (AvgIpc) is 2.62. The molecule has 72 valence electrons. The third-order valence-electron chi connectivity index (χ3n) is 2.71. The number of aryl methyl sites for hydroxylation is 1. The molecule has 0 aromatic carbocycles. The Kier molecular flexibility index (Phi) is 1.76. The van der Waals surface area contributed by atoms with Crippen LogP contribution in [-0.4, -0.2) is 27.9 Å². The van der Waals surface area contributed by atoms with Crippen molar-refractivity contribution in [2.24, 2.45) is 7.05 Å². The van der Waals surface area contributed by atoms with Gasteiger partial charge in [0.05, 0.1) is 0 Å². The summed E-state index contributed by atoms with van der Waals surface area (Å²) < 4.78 is 1.62. The van der Waals surface area contributed by atoms with Crippen LogP contribution in [0.2, 0.25) is 0 Å². The molecule has 1 saturated heterocycles. The van der Waals surface area contributed by atoms with Crippen LogP contribution in [0.5, 0.6) is 0 Å². The van der Waals surface area contributed by atoms with Gasteiger partial charge in [-0.2, -0.15) is 10.1 Å². The van der Waals surface area contributed by atoms with Crippen LogP contribution in [0.1, 0.15) is 19.2 Å². The summed E-state index contributed by atoms with van der Waals surface area (Å²) in [5.74, 6) is 1.35. The predicted molar refractivity (Wildman–Crippen MR) is 50.3 cm³/mol. The van der Waals surface area contributed by atoms with Gasteiger partial charge in [0, 0.05) is 19.0 Å². The van der Waals surface area contributed by atoms with Gasteiger partial charge in [-0.15, -0.1) is 0 Å². The van der Waals surface area contributed by atoms with E-state index < -0.39 is 0 Å². The van der Waals surface area contributed by atoms with E-state index in [0.29, 0.717) is 5.95 Å². The molecule has 5 heteroatoms. The lowest BCUT2D eigenvalue weighted by Gasteiger charge is -2.17. The van der Waals surface area contributed by atoms with Crippen LogP contribution >= 0.6 is 0 Å². The fraction of sp³-hybridized carbons (Fsp3) is 0.750. The fourth-order valence-corrected chi connectivity index (χ4v) is 1.66. The Morgan fingerprint density at radius 2 is 2.38 bits per heavy atom. The topological polar surface area (TPSA) is 68.8 Å². The standard InChI is InChI=1S/C8H15N5/c1-8(3-4-10-5-8)6-11-7(9)13(2)12-6/h10H,3-5H2,1-2H3,(H2,9,11,12). The minimum atomic E-state index is 0.0649. The van der Waals surface area contributed by atoms with Crippen molar-refractivity contribution in [2.75, 3.05) is 18.8 Å². The highest BCUT2D eigenvalue weighted by Gasteiger charge is 2.34. The zero-order valence-corrected chi connectivity index (χ0v) is 8.04. The fourth-order valence-electron chi connectivity index (χ4n) is 1.66. The number of nitrogens with zero attached hydrogens (tertiary/aromatic N) is 3. The molecule has 0 radical (unpaired) electrons. The predicted octanol–water partition coefficient (Wildman–Crippen LogP) is -0.352. The van der Waals surface area contributed by atoms with Gasteiger partial charge in [0.1, 0.15) is 0 Å². The van der Waals surface area contributed by atoms with Crippen molar-refractivity contribution >= 4 is 5.95 Å². The van der Waals surface area contributed by atoms with E-state index in [1.54, 1.807) is 4.68 Å². The van der Waals surface area contributed by atoms with Crippen LogP contribution in [0.4, 0.5) is 5.95 Å². The Hall–Kier alpha value is -1.10. The zero-order chi connectivity index (χ0) is 9.47. The number of aromatic nitrogens is 3. The Morgan fingerprint density at radius 1 is 1.62 bits per heavy atom. The van der Waals surface area contributed by atoms with Crippen molar-refractivity contribution in [1.29, 1.82) is 0 Å². The van der Waals surface area contributed by atoms with E-state index >= 15 is 0 Å². The molecule has 0 aliphatic carbocycles. The maximum absolute atomic E-state index is 5.64. The second kappa shape index (κ2) is 2.70. The SMILES string of the molecule is Cn1nc(C2(C)CCNC2)nc1N. The first-order valence-corrected chi connectivity index (χ1v) is 4.49. The Morgan fingerprint density at radius 3 is 2.85 bits per heavy atom. The largest absolute Gasteiger partial charge is 0.368 e. The van der Waals surface area contributed by atoms with Crippen molar-refractivity contribution in [1.82, 2.24) is 20.1 Å². The molecule has 13 heavy (non-hydrogen) atoms. The van der Waals surface area contributed by atoms with Crippen LogP contribution in [0.25, 0.3) is 0 Å². The van der Waals surface area contributed by atoms with Crippen LogP contribution in [0.15, 0.2) is 0 Å². The molecule has 0 amide bonds. The maximum Gasteiger partial charge on any atom is 0.218 e. The van der Waals surface area contributed by atoms with Crippen molar-refractivity contribution in [2.45, 2.75) is 18.8 Å². The Bertz CT molecular complexity index is 291. The van der Waals surface area contributed by atoms with E-state index in [1.807, 2.05) is 7.05 Å². The molecule has 5 nitrogen and oxygen atoms in total. The smallest absolute Gasteiger partial charge is 0.218 e. The first kappa shape index (κ1) is 8.50. The molecule has 1 aliphatic heterocycles. The third-order valence-corrected chi connectivity index (χ3v) is 2.71. The minimum Gasteiger partial charge on any atom is -0.368 e. The van der Waals surface area contributed by atoms with Crippen LogP contribution in [-0.2, 0) is 12.5 Å². The molecule has 3 N–H and O–H groups in total. The van der Waals surface area contributed by atoms with Gasteiger partial charge in [0.25, 0.3) is 0 Å². The summed E-state index contributed by atoms with van der Waals surface area (Å²) >= 11 is 0. The summed E-state index contributed by atoms with van der Waals surface area (Å²) in [6.45, 7) is 4.15. The molecule has 1 unspecified atom stereocenters. The van der Waals surface area contributed by atoms with Gasteiger partial charge in [-0.1, -0.05) is 6.92 Å². The third kappa shape index (κ3) is 1.29. The van der Waals surface area contributed by atoms with Gasteiger partial charge < -0.3 is 11.1 Å². The summed E-state index contributed by atoms with van der Waals surface area (Å²) in [6.07, 6.45) is 1.08. The number of hydrogen-bond donors (Lipinski definition) is 2. The maximum atomic E-state index is 5.64. The van der Waals surface area contributed by atoms with Crippen molar-refractivity contribution in [3.05, 3.63) is 5.82 Å². The normalized spacial score (nSPS) is 28.2. The van der Waals surface area contributed by atoms with Crippen LogP contribution in [0, 0.1) is 0 Å². The van der Waals surface area contributed by atoms with Gasteiger partial charge in [-0.05, 0) is 13.0 Å².